The number of hydrogen-bond donors (Lipinski definition) is 2. The number of methoxy groups -OCH3 is 1. The zero-order valence-electron chi connectivity index (χ0n) is 13.4. The number of nitrogens with one attached hydrogen (secondary N) is 1. The predicted octanol–water partition coefficient (Wildman–Crippen LogP) is 2.09. The normalized spacial score (nSPS) is 10.6. The van der Waals surface area contributed by atoms with Gasteiger partial charge in [0.15, 0.2) is 17.2 Å². The molecule has 0 aliphatic heterocycles. The van der Waals surface area contributed by atoms with E-state index in [0.717, 1.165) is 5.56 Å². The molecule has 0 saturated heterocycles. The van der Waals surface area contributed by atoms with Crippen molar-refractivity contribution < 1.29 is 14.3 Å². The molecule has 1 aromatic carbocycles. The highest BCUT2D eigenvalue weighted by Crippen LogP contribution is 2.37. The average molecular weight is 316 g/mol. The number of aromatic amines is 1. The number of rotatable bonds is 7. The Bertz CT molecular complexity index is 722. The fraction of sp³-hybridized carbons (Fsp3) is 0.312. The quantitative estimate of drug-likeness (QED) is 0.761. The molecule has 0 fully saturated rings. The molecule has 0 radical (unpaired) electrons. The Balaban J connectivity index is 2.62. The Labute approximate surface area is 134 Å². The molecule has 1 aromatic heterocycles. The summed E-state index contributed by atoms with van der Waals surface area (Å²) in [6.45, 7) is 7.64. The van der Waals surface area contributed by atoms with Crippen LogP contribution in [0, 0.1) is 0 Å². The van der Waals surface area contributed by atoms with E-state index < -0.39 is 5.91 Å². The number of carbonyl (C=O) groups excluding carboxylic acids is 1. The third-order valence-corrected chi connectivity index (χ3v) is 3.12. The zero-order chi connectivity index (χ0) is 17.0. The van der Waals surface area contributed by atoms with E-state index in [-0.39, 0.29) is 11.8 Å². The van der Waals surface area contributed by atoms with E-state index in [1.54, 1.807) is 19.3 Å². The number of aromatic nitrogens is 3. The van der Waals surface area contributed by atoms with Gasteiger partial charge in [-0.2, -0.15) is 15.4 Å². The summed E-state index contributed by atoms with van der Waals surface area (Å²) in [5.74, 6) is 0.544. The molecule has 1 heterocycles. The molecule has 23 heavy (non-hydrogen) atoms. The van der Waals surface area contributed by atoms with Crippen molar-refractivity contribution in [3.63, 3.8) is 0 Å². The van der Waals surface area contributed by atoms with Crippen molar-refractivity contribution in [2.45, 2.75) is 26.4 Å². The minimum atomic E-state index is -0.652. The summed E-state index contributed by atoms with van der Waals surface area (Å²) in [6, 6.07) is 3.61. The van der Waals surface area contributed by atoms with E-state index in [4.69, 9.17) is 15.2 Å². The standard InChI is InChI=1S/C16H20N4O3/c1-5-6-10-7-11(13-14(16(17)21)19-20-18-13)8-12(22-4)15(10)23-9(2)3/h5,7-9H,1,6H2,2-4H3,(H2,17,21)(H,18,19,20). The summed E-state index contributed by atoms with van der Waals surface area (Å²) in [4.78, 5) is 11.5. The summed E-state index contributed by atoms with van der Waals surface area (Å²) >= 11 is 0. The largest absolute Gasteiger partial charge is 0.493 e. The van der Waals surface area contributed by atoms with Crippen LogP contribution in [0.1, 0.15) is 29.9 Å². The van der Waals surface area contributed by atoms with E-state index in [2.05, 4.69) is 22.0 Å². The number of nitrogens with zero attached hydrogens (tertiary/aromatic N) is 2. The molecule has 1 amide bonds. The van der Waals surface area contributed by atoms with Crippen LogP contribution in [0.25, 0.3) is 11.3 Å². The van der Waals surface area contributed by atoms with Crippen molar-refractivity contribution in [1.82, 2.24) is 15.4 Å². The molecule has 0 bridgehead atoms. The molecule has 0 aliphatic carbocycles. The first-order valence-electron chi connectivity index (χ1n) is 7.17. The van der Waals surface area contributed by atoms with Crippen LogP contribution in [0.3, 0.4) is 0 Å². The second-order valence-electron chi connectivity index (χ2n) is 5.21. The molecule has 122 valence electrons. The molecule has 0 unspecified atom stereocenters. The smallest absolute Gasteiger partial charge is 0.271 e. The Hall–Kier alpha value is -2.83. The number of H-pyrrole nitrogens is 1. The predicted molar refractivity (Wildman–Crippen MR) is 86.6 cm³/mol. The van der Waals surface area contributed by atoms with Gasteiger partial charge in [0.2, 0.25) is 0 Å². The third kappa shape index (κ3) is 3.50. The average Bonchev–Trinajstić information content (AvgIpc) is 2.98. The van der Waals surface area contributed by atoms with Crippen LogP contribution in [-0.2, 0) is 6.42 Å². The van der Waals surface area contributed by atoms with Crippen molar-refractivity contribution in [3.8, 4) is 22.8 Å². The van der Waals surface area contributed by atoms with Crippen molar-refractivity contribution in [2.24, 2.45) is 5.73 Å². The first-order chi connectivity index (χ1) is 11.0. The second-order valence-corrected chi connectivity index (χ2v) is 5.21. The first kappa shape index (κ1) is 16.5. The molecule has 2 aromatic rings. The summed E-state index contributed by atoms with van der Waals surface area (Å²) in [6.07, 6.45) is 2.34. The SMILES string of the molecule is C=CCc1cc(-c2n[nH]nc2C(N)=O)cc(OC)c1OC(C)C. The number of benzene rings is 1. The Morgan fingerprint density at radius 2 is 2.17 bits per heavy atom. The van der Waals surface area contributed by atoms with Gasteiger partial charge in [0.05, 0.1) is 13.2 Å². The Morgan fingerprint density at radius 3 is 2.74 bits per heavy atom. The van der Waals surface area contributed by atoms with Gasteiger partial charge in [-0.25, -0.2) is 0 Å². The van der Waals surface area contributed by atoms with Crippen LogP contribution in [0.15, 0.2) is 24.8 Å². The van der Waals surface area contributed by atoms with Crippen LogP contribution in [0.5, 0.6) is 11.5 Å². The summed E-state index contributed by atoms with van der Waals surface area (Å²) in [5.41, 5.74) is 7.32. The van der Waals surface area contributed by atoms with Crippen LogP contribution in [0.2, 0.25) is 0 Å². The molecule has 2 rings (SSSR count). The molecule has 0 spiro atoms. The maximum atomic E-state index is 11.5. The third-order valence-electron chi connectivity index (χ3n) is 3.12. The lowest BCUT2D eigenvalue weighted by molar-refractivity contribution is 0.0996. The van der Waals surface area contributed by atoms with Gasteiger partial charge < -0.3 is 15.2 Å². The van der Waals surface area contributed by atoms with Gasteiger partial charge >= 0.3 is 0 Å². The fourth-order valence-corrected chi connectivity index (χ4v) is 2.23. The van der Waals surface area contributed by atoms with Crippen molar-refractivity contribution in [1.29, 1.82) is 0 Å². The number of ether oxygens (including phenoxy) is 2. The molecular formula is C16H20N4O3. The first-order valence-corrected chi connectivity index (χ1v) is 7.17. The molecule has 0 atom stereocenters. The zero-order valence-corrected chi connectivity index (χ0v) is 13.4. The van der Waals surface area contributed by atoms with E-state index in [1.165, 1.54) is 0 Å². The lowest BCUT2D eigenvalue weighted by Gasteiger charge is -2.18. The van der Waals surface area contributed by atoms with Gasteiger partial charge in [0, 0.05) is 11.1 Å². The number of nitrogens with two attached hydrogens (primary N) is 1. The maximum Gasteiger partial charge on any atom is 0.271 e. The number of amides is 1. The minimum Gasteiger partial charge on any atom is -0.493 e. The monoisotopic (exact) mass is 316 g/mol. The number of hydrogen-bond acceptors (Lipinski definition) is 5. The number of carbonyl (C=O) groups is 1. The van der Waals surface area contributed by atoms with Gasteiger partial charge in [0.25, 0.3) is 5.91 Å². The number of primary amides is 1. The lowest BCUT2D eigenvalue weighted by Crippen LogP contribution is -2.13. The van der Waals surface area contributed by atoms with Crippen molar-refractivity contribution in [3.05, 3.63) is 36.0 Å². The van der Waals surface area contributed by atoms with Gasteiger partial charge in [-0.15, -0.1) is 6.58 Å². The molecule has 3 N–H and O–H groups in total. The van der Waals surface area contributed by atoms with Crippen molar-refractivity contribution >= 4 is 5.91 Å². The Kier molecular flexibility index (Phi) is 5.00. The van der Waals surface area contributed by atoms with Crippen molar-refractivity contribution in [2.75, 3.05) is 7.11 Å². The summed E-state index contributed by atoms with van der Waals surface area (Å²) in [5, 5.41) is 10.2. The second kappa shape index (κ2) is 6.95. The molecule has 7 nitrogen and oxygen atoms in total. The van der Waals surface area contributed by atoms with Crippen LogP contribution >= 0.6 is 0 Å². The molecule has 0 saturated carbocycles. The minimum absolute atomic E-state index is 0.00783. The molecular weight excluding hydrogens is 296 g/mol. The van der Waals surface area contributed by atoms with E-state index >= 15 is 0 Å². The number of allylic oxidation sites excluding steroid dienone is 1. The highest BCUT2D eigenvalue weighted by atomic mass is 16.5. The molecule has 0 aliphatic rings. The lowest BCUT2D eigenvalue weighted by atomic mass is 10.0. The van der Waals surface area contributed by atoms with E-state index in [9.17, 15) is 4.79 Å². The van der Waals surface area contributed by atoms with E-state index in [0.29, 0.717) is 29.2 Å². The highest BCUT2D eigenvalue weighted by Gasteiger charge is 2.20. The van der Waals surface area contributed by atoms with E-state index in [1.807, 2.05) is 19.9 Å². The topological polar surface area (TPSA) is 103 Å². The maximum absolute atomic E-state index is 11.5. The van der Waals surface area contributed by atoms with Gasteiger partial charge in [0.1, 0.15) is 5.69 Å². The van der Waals surface area contributed by atoms with Gasteiger partial charge in [-0.1, -0.05) is 6.08 Å². The fourth-order valence-electron chi connectivity index (χ4n) is 2.23. The Morgan fingerprint density at radius 1 is 1.43 bits per heavy atom. The van der Waals surface area contributed by atoms with Gasteiger partial charge in [-0.3, -0.25) is 4.79 Å². The van der Waals surface area contributed by atoms with Crippen LogP contribution in [0.4, 0.5) is 0 Å². The van der Waals surface area contributed by atoms with Crippen LogP contribution in [-0.4, -0.2) is 34.5 Å². The summed E-state index contributed by atoms with van der Waals surface area (Å²) in [7, 11) is 1.56. The van der Waals surface area contributed by atoms with Gasteiger partial charge in [-0.05, 0) is 32.4 Å². The highest BCUT2D eigenvalue weighted by molar-refractivity contribution is 5.96. The van der Waals surface area contributed by atoms with Crippen LogP contribution < -0.4 is 15.2 Å². The molecule has 7 heteroatoms. The summed E-state index contributed by atoms with van der Waals surface area (Å²) < 4.78 is 11.3.